The van der Waals surface area contributed by atoms with E-state index in [4.69, 9.17) is 5.11 Å². The number of pyridine rings is 1. The number of aliphatic hydroxyl groups excluding tert-OH is 1. The summed E-state index contributed by atoms with van der Waals surface area (Å²) in [5.41, 5.74) is 0.929. The highest BCUT2D eigenvalue weighted by atomic mass is 16.3. The summed E-state index contributed by atoms with van der Waals surface area (Å²) in [4.78, 5) is 25.6. The number of carbonyl (C=O) groups excluding carboxylic acids is 1. The zero-order valence-electron chi connectivity index (χ0n) is 12.4. The molecule has 0 spiro atoms. The van der Waals surface area contributed by atoms with E-state index in [-0.39, 0.29) is 31.2 Å². The molecule has 1 amide bonds. The van der Waals surface area contributed by atoms with Gasteiger partial charge in [0.1, 0.15) is 6.54 Å². The Hall–Kier alpha value is -2.40. The van der Waals surface area contributed by atoms with Crippen LogP contribution in [-0.4, -0.2) is 40.2 Å². The number of rotatable bonds is 7. The minimum absolute atomic E-state index is 0.00549. The van der Waals surface area contributed by atoms with Crippen LogP contribution < -0.4 is 5.56 Å². The van der Waals surface area contributed by atoms with Gasteiger partial charge < -0.3 is 14.6 Å². The second-order valence-electron chi connectivity index (χ2n) is 5.01. The first-order valence-electron chi connectivity index (χ1n) is 7.29. The van der Waals surface area contributed by atoms with Crippen LogP contribution in [0.1, 0.15) is 5.56 Å². The Morgan fingerprint density at radius 1 is 1.05 bits per heavy atom. The molecule has 116 valence electrons. The van der Waals surface area contributed by atoms with Crippen LogP contribution in [0.3, 0.4) is 0 Å². The van der Waals surface area contributed by atoms with Crippen molar-refractivity contribution in [3.8, 4) is 0 Å². The third-order valence-corrected chi connectivity index (χ3v) is 3.44. The van der Waals surface area contributed by atoms with Crippen LogP contribution in [0.4, 0.5) is 0 Å². The summed E-state index contributed by atoms with van der Waals surface area (Å²) in [5.74, 6) is -0.168. The van der Waals surface area contributed by atoms with E-state index < -0.39 is 0 Å². The number of aromatic nitrogens is 1. The number of aliphatic hydroxyl groups is 1. The lowest BCUT2D eigenvalue weighted by atomic mass is 10.1. The minimum Gasteiger partial charge on any atom is -0.395 e. The van der Waals surface area contributed by atoms with E-state index in [1.165, 1.54) is 10.6 Å². The molecule has 5 heteroatoms. The maximum Gasteiger partial charge on any atom is 0.250 e. The zero-order chi connectivity index (χ0) is 15.8. The molecule has 0 atom stereocenters. The molecule has 0 aliphatic carbocycles. The molecule has 1 aromatic carbocycles. The summed E-state index contributed by atoms with van der Waals surface area (Å²) in [6.45, 7) is 0.691. The molecule has 0 aliphatic rings. The Bertz CT molecular complexity index is 652. The number of hydrogen-bond donors (Lipinski definition) is 1. The average molecular weight is 300 g/mol. The zero-order valence-corrected chi connectivity index (χ0v) is 12.4. The summed E-state index contributed by atoms with van der Waals surface area (Å²) in [5, 5.41) is 9.14. The normalized spacial score (nSPS) is 10.4. The second-order valence-corrected chi connectivity index (χ2v) is 5.01. The number of nitrogens with zero attached hydrogens (tertiary/aromatic N) is 2. The monoisotopic (exact) mass is 300 g/mol. The van der Waals surface area contributed by atoms with E-state index in [9.17, 15) is 9.59 Å². The predicted molar refractivity (Wildman–Crippen MR) is 84.5 cm³/mol. The SMILES string of the molecule is O=C(Cn1ccccc1=O)N(CCO)CCc1ccccc1. The molecular weight excluding hydrogens is 280 g/mol. The van der Waals surface area contributed by atoms with Crippen molar-refractivity contribution in [3.63, 3.8) is 0 Å². The lowest BCUT2D eigenvalue weighted by Gasteiger charge is -2.22. The number of amides is 1. The van der Waals surface area contributed by atoms with Gasteiger partial charge in [0.25, 0.3) is 5.56 Å². The Kier molecular flexibility index (Phi) is 5.91. The standard InChI is InChI=1S/C17H20N2O3/c20-13-12-18(11-9-15-6-2-1-3-7-15)17(22)14-19-10-5-4-8-16(19)21/h1-8,10,20H,9,11-14H2. The first-order chi connectivity index (χ1) is 10.7. The highest BCUT2D eigenvalue weighted by Crippen LogP contribution is 2.02. The van der Waals surface area contributed by atoms with Crippen LogP contribution in [0.25, 0.3) is 0 Å². The van der Waals surface area contributed by atoms with Crippen molar-refractivity contribution in [2.24, 2.45) is 0 Å². The molecule has 5 nitrogen and oxygen atoms in total. The van der Waals surface area contributed by atoms with E-state index >= 15 is 0 Å². The highest BCUT2D eigenvalue weighted by molar-refractivity contribution is 5.76. The van der Waals surface area contributed by atoms with Crippen LogP contribution >= 0.6 is 0 Å². The van der Waals surface area contributed by atoms with Gasteiger partial charge in [0.15, 0.2) is 0 Å². The molecule has 0 unspecified atom stereocenters. The molecule has 0 aliphatic heterocycles. The first kappa shape index (κ1) is 16.0. The Morgan fingerprint density at radius 3 is 2.45 bits per heavy atom. The lowest BCUT2D eigenvalue weighted by Crippen LogP contribution is -2.39. The second kappa shape index (κ2) is 8.14. The predicted octanol–water partition coefficient (Wildman–Crippen LogP) is 0.912. The van der Waals surface area contributed by atoms with Crippen molar-refractivity contribution in [2.75, 3.05) is 19.7 Å². The van der Waals surface area contributed by atoms with Gasteiger partial charge in [0, 0.05) is 25.4 Å². The molecule has 0 fully saturated rings. The molecule has 1 heterocycles. The number of hydrogen-bond acceptors (Lipinski definition) is 3. The van der Waals surface area contributed by atoms with Crippen molar-refractivity contribution in [1.82, 2.24) is 9.47 Å². The van der Waals surface area contributed by atoms with Crippen LogP contribution in [0.5, 0.6) is 0 Å². The van der Waals surface area contributed by atoms with Gasteiger partial charge in [-0.1, -0.05) is 36.4 Å². The van der Waals surface area contributed by atoms with Crippen LogP contribution in [0, 0.1) is 0 Å². The third kappa shape index (κ3) is 4.56. The van der Waals surface area contributed by atoms with Gasteiger partial charge in [-0.2, -0.15) is 0 Å². The summed E-state index contributed by atoms with van der Waals surface area (Å²) in [7, 11) is 0. The maximum absolute atomic E-state index is 12.3. The minimum atomic E-state index is -0.206. The Balaban J connectivity index is 1.99. The van der Waals surface area contributed by atoms with E-state index in [1.54, 1.807) is 23.2 Å². The molecule has 0 saturated carbocycles. The maximum atomic E-state index is 12.3. The Labute approximate surface area is 129 Å². The quantitative estimate of drug-likeness (QED) is 0.827. The fraction of sp³-hybridized carbons (Fsp3) is 0.294. The van der Waals surface area contributed by atoms with E-state index in [2.05, 4.69) is 0 Å². The van der Waals surface area contributed by atoms with Gasteiger partial charge >= 0.3 is 0 Å². The largest absolute Gasteiger partial charge is 0.395 e. The topological polar surface area (TPSA) is 62.5 Å². The molecule has 0 bridgehead atoms. The van der Waals surface area contributed by atoms with Crippen molar-refractivity contribution in [3.05, 3.63) is 70.6 Å². The van der Waals surface area contributed by atoms with Gasteiger partial charge in [-0.25, -0.2) is 0 Å². The molecule has 22 heavy (non-hydrogen) atoms. The summed E-state index contributed by atoms with van der Waals surface area (Å²) in [6, 6.07) is 14.6. The molecule has 0 saturated heterocycles. The highest BCUT2D eigenvalue weighted by Gasteiger charge is 2.13. The van der Waals surface area contributed by atoms with Gasteiger partial charge in [0.2, 0.25) is 5.91 Å². The molecule has 2 aromatic rings. The van der Waals surface area contributed by atoms with Gasteiger partial charge in [-0.05, 0) is 18.1 Å². The van der Waals surface area contributed by atoms with Gasteiger partial charge in [-0.3, -0.25) is 9.59 Å². The summed E-state index contributed by atoms with van der Waals surface area (Å²) >= 11 is 0. The fourth-order valence-corrected chi connectivity index (χ4v) is 2.23. The van der Waals surface area contributed by atoms with Crippen LogP contribution in [0.2, 0.25) is 0 Å². The smallest absolute Gasteiger partial charge is 0.250 e. The molecule has 2 rings (SSSR count). The van der Waals surface area contributed by atoms with E-state index in [1.807, 2.05) is 30.3 Å². The lowest BCUT2D eigenvalue weighted by molar-refractivity contribution is -0.132. The average Bonchev–Trinajstić information content (AvgIpc) is 2.54. The summed E-state index contributed by atoms with van der Waals surface area (Å²) < 4.78 is 1.37. The van der Waals surface area contributed by atoms with Crippen molar-refractivity contribution in [1.29, 1.82) is 0 Å². The molecular formula is C17H20N2O3. The first-order valence-corrected chi connectivity index (χ1v) is 7.29. The molecule has 0 radical (unpaired) electrons. The van der Waals surface area contributed by atoms with Gasteiger partial charge in [-0.15, -0.1) is 0 Å². The van der Waals surface area contributed by atoms with Gasteiger partial charge in [0.05, 0.1) is 6.61 Å². The van der Waals surface area contributed by atoms with Crippen molar-refractivity contribution < 1.29 is 9.90 Å². The fourth-order valence-electron chi connectivity index (χ4n) is 2.23. The number of carbonyl (C=O) groups is 1. The molecule has 1 aromatic heterocycles. The Morgan fingerprint density at radius 2 is 1.77 bits per heavy atom. The van der Waals surface area contributed by atoms with Crippen molar-refractivity contribution >= 4 is 5.91 Å². The summed E-state index contributed by atoms with van der Waals surface area (Å²) in [6.07, 6.45) is 2.31. The van der Waals surface area contributed by atoms with Crippen LogP contribution in [0.15, 0.2) is 59.5 Å². The van der Waals surface area contributed by atoms with E-state index in [0.29, 0.717) is 6.54 Å². The van der Waals surface area contributed by atoms with Crippen LogP contribution in [-0.2, 0) is 17.8 Å². The molecule has 1 N–H and O–H groups in total. The number of benzene rings is 1. The van der Waals surface area contributed by atoms with E-state index in [0.717, 1.165) is 12.0 Å². The third-order valence-electron chi connectivity index (χ3n) is 3.44. The van der Waals surface area contributed by atoms with Crippen molar-refractivity contribution in [2.45, 2.75) is 13.0 Å².